The SMILES string of the molecule is COc1ccc(Oc2ncccc2NC(=O)CCc2c(C)nc3c(c(OC)nn3C)c2C)cc1. The Morgan fingerprint density at radius 3 is 2.47 bits per heavy atom. The highest BCUT2D eigenvalue weighted by Gasteiger charge is 2.19. The molecule has 0 saturated carbocycles. The van der Waals surface area contributed by atoms with Crippen LogP contribution in [-0.2, 0) is 18.3 Å². The van der Waals surface area contributed by atoms with E-state index in [2.05, 4.69) is 20.4 Å². The number of methoxy groups -OCH3 is 2. The number of rotatable bonds is 8. The molecule has 0 aliphatic rings. The van der Waals surface area contributed by atoms with Gasteiger partial charge in [-0.25, -0.2) is 14.6 Å². The molecule has 9 nitrogen and oxygen atoms in total. The molecular formula is C25H27N5O4. The Bertz CT molecular complexity index is 1330. The van der Waals surface area contributed by atoms with Crippen LogP contribution in [0.5, 0.6) is 23.3 Å². The molecule has 0 saturated heterocycles. The summed E-state index contributed by atoms with van der Waals surface area (Å²) in [6.07, 6.45) is 2.41. The van der Waals surface area contributed by atoms with Gasteiger partial charge in [-0.1, -0.05) is 0 Å². The summed E-state index contributed by atoms with van der Waals surface area (Å²) < 4.78 is 18.2. The van der Waals surface area contributed by atoms with Gasteiger partial charge in [-0.15, -0.1) is 5.10 Å². The molecule has 0 atom stereocenters. The summed E-state index contributed by atoms with van der Waals surface area (Å²) in [5.41, 5.74) is 4.16. The summed E-state index contributed by atoms with van der Waals surface area (Å²) in [4.78, 5) is 21.8. The Morgan fingerprint density at radius 1 is 1.03 bits per heavy atom. The third-order valence-electron chi connectivity index (χ3n) is 5.64. The van der Waals surface area contributed by atoms with Gasteiger partial charge >= 0.3 is 0 Å². The third kappa shape index (κ3) is 4.63. The van der Waals surface area contributed by atoms with Crippen molar-refractivity contribution in [2.45, 2.75) is 26.7 Å². The topological polar surface area (TPSA) is 100 Å². The fraction of sp³-hybridized carbons (Fsp3) is 0.280. The molecule has 0 aliphatic heterocycles. The second-order valence-electron chi connectivity index (χ2n) is 7.81. The van der Waals surface area contributed by atoms with Crippen LogP contribution in [-0.4, -0.2) is 39.9 Å². The maximum absolute atomic E-state index is 12.8. The van der Waals surface area contributed by atoms with Crippen LogP contribution in [0.15, 0.2) is 42.6 Å². The van der Waals surface area contributed by atoms with Gasteiger partial charge in [0.15, 0.2) is 5.65 Å². The summed E-state index contributed by atoms with van der Waals surface area (Å²) in [5, 5.41) is 8.16. The van der Waals surface area contributed by atoms with Crippen molar-refractivity contribution in [3.8, 4) is 23.3 Å². The maximum atomic E-state index is 12.8. The fourth-order valence-corrected chi connectivity index (χ4v) is 3.88. The van der Waals surface area contributed by atoms with E-state index in [0.717, 1.165) is 33.6 Å². The monoisotopic (exact) mass is 461 g/mol. The molecule has 0 radical (unpaired) electrons. The predicted molar refractivity (Wildman–Crippen MR) is 129 cm³/mol. The lowest BCUT2D eigenvalue weighted by Crippen LogP contribution is -2.14. The van der Waals surface area contributed by atoms with Crippen LogP contribution in [0.2, 0.25) is 0 Å². The minimum atomic E-state index is -0.148. The Balaban J connectivity index is 1.48. The molecule has 0 unspecified atom stereocenters. The number of carbonyl (C=O) groups excluding carboxylic acids is 1. The van der Waals surface area contributed by atoms with Gasteiger partial charge in [0.05, 0.1) is 19.6 Å². The van der Waals surface area contributed by atoms with Crippen molar-refractivity contribution in [2.75, 3.05) is 19.5 Å². The first-order valence-electron chi connectivity index (χ1n) is 10.8. The molecular weight excluding hydrogens is 434 g/mol. The number of nitrogens with one attached hydrogen (secondary N) is 1. The number of aryl methyl sites for hydroxylation is 3. The lowest BCUT2D eigenvalue weighted by Gasteiger charge is -2.13. The number of aromatic nitrogens is 4. The molecule has 1 N–H and O–H groups in total. The zero-order valence-electron chi connectivity index (χ0n) is 19.9. The Hall–Kier alpha value is -4.14. The lowest BCUT2D eigenvalue weighted by atomic mass is 10.00. The molecule has 4 aromatic rings. The van der Waals surface area contributed by atoms with E-state index < -0.39 is 0 Å². The quantitative estimate of drug-likeness (QED) is 0.416. The van der Waals surface area contributed by atoms with Gasteiger partial charge in [-0.3, -0.25) is 4.79 Å². The first kappa shape index (κ1) is 23.0. The average Bonchev–Trinajstić information content (AvgIpc) is 3.16. The Kier molecular flexibility index (Phi) is 6.62. The van der Waals surface area contributed by atoms with E-state index in [1.807, 2.05) is 20.9 Å². The van der Waals surface area contributed by atoms with Crippen molar-refractivity contribution in [3.05, 3.63) is 59.4 Å². The van der Waals surface area contributed by atoms with Crippen molar-refractivity contribution in [1.29, 1.82) is 0 Å². The van der Waals surface area contributed by atoms with Gasteiger partial charge in [0.2, 0.25) is 17.7 Å². The van der Waals surface area contributed by atoms with E-state index in [1.54, 1.807) is 61.5 Å². The summed E-state index contributed by atoms with van der Waals surface area (Å²) in [7, 11) is 5.03. The van der Waals surface area contributed by atoms with Crippen LogP contribution in [0.4, 0.5) is 5.69 Å². The van der Waals surface area contributed by atoms with E-state index in [9.17, 15) is 4.79 Å². The zero-order chi connectivity index (χ0) is 24.2. The minimum absolute atomic E-state index is 0.148. The third-order valence-corrected chi connectivity index (χ3v) is 5.64. The predicted octanol–water partition coefficient (Wildman–Crippen LogP) is 4.36. The van der Waals surface area contributed by atoms with Crippen LogP contribution >= 0.6 is 0 Å². The van der Waals surface area contributed by atoms with E-state index in [1.165, 1.54) is 0 Å². The maximum Gasteiger partial charge on any atom is 0.243 e. The van der Waals surface area contributed by atoms with Gasteiger partial charge in [-0.2, -0.15) is 0 Å². The molecule has 176 valence electrons. The number of carbonyl (C=O) groups is 1. The normalized spacial score (nSPS) is 10.9. The largest absolute Gasteiger partial charge is 0.497 e. The molecule has 3 aromatic heterocycles. The molecule has 0 fully saturated rings. The van der Waals surface area contributed by atoms with Gasteiger partial charge in [0, 0.05) is 25.4 Å². The number of ether oxygens (including phenoxy) is 3. The van der Waals surface area contributed by atoms with Crippen LogP contribution in [0.3, 0.4) is 0 Å². The molecule has 0 spiro atoms. The molecule has 4 rings (SSSR count). The molecule has 1 amide bonds. The molecule has 1 aromatic carbocycles. The Labute approximate surface area is 197 Å². The van der Waals surface area contributed by atoms with Crippen molar-refractivity contribution in [3.63, 3.8) is 0 Å². The van der Waals surface area contributed by atoms with Crippen LogP contribution in [0.25, 0.3) is 11.0 Å². The highest BCUT2D eigenvalue weighted by Crippen LogP contribution is 2.31. The second kappa shape index (κ2) is 9.78. The summed E-state index contributed by atoms with van der Waals surface area (Å²) >= 11 is 0. The smallest absolute Gasteiger partial charge is 0.243 e. The number of nitrogens with zero attached hydrogens (tertiary/aromatic N) is 4. The van der Waals surface area contributed by atoms with E-state index in [-0.39, 0.29) is 12.3 Å². The van der Waals surface area contributed by atoms with Gasteiger partial charge in [-0.05, 0) is 67.8 Å². The number of fused-ring (bicyclic) bond motifs is 1. The van der Waals surface area contributed by atoms with Crippen molar-refractivity contribution < 1.29 is 19.0 Å². The van der Waals surface area contributed by atoms with E-state index in [0.29, 0.717) is 29.6 Å². The number of hydrogen-bond acceptors (Lipinski definition) is 7. The fourth-order valence-electron chi connectivity index (χ4n) is 3.88. The number of anilines is 1. The first-order valence-corrected chi connectivity index (χ1v) is 10.8. The molecule has 0 aliphatic carbocycles. The summed E-state index contributed by atoms with van der Waals surface area (Å²) in [6.45, 7) is 3.96. The number of amides is 1. The van der Waals surface area contributed by atoms with E-state index >= 15 is 0 Å². The standard InChI is InChI=1S/C25H27N5O4/c1-15-19(16(2)27-23-22(15)25(33-5)29-30(23)3)12-13-21(31)28-20-7-6-14-26-24(20)34-18-10-8-17(32-4)9-11-18/h6-11,14H,12-13H2,1-5H3,(H,28,31). The number of benzene rings is 1. The highest BCUT2D eigenvalue weighted by molar-refractivity contribution is 5.92. The van der Waals surface area contributed by atoms with Gasteiger partial charge < -0.3 is 19.5 Å². The summed E-state index contributed by atoms with van der Waals surface area (Å²) in [6, 6.07) is 10.7. The van der Waals surface area contributed by atoms with Crippen LogP contribution < -0.4 is 19.5 Å². The number of pyridine rings is 2. The second-order valence-corrected chi connectivity index (χ2v) is 7.81. The lowest BCUT2D eigenvalue weighted by molar-refractivity contribution is -0.116. The molecule has 9 heteroatoms. The van der Waals surface area contributed by atoms with Crippen molar-refractivity contribution in [2.24, 2.45) is 7.05 Å². The number of hydrogen-bond donors (Lipinski definition) is 1. The van der Waals surface area contributed by atoms with Crippen LogP contribution in [0.1, 0.15) is 23.2 Å². The van der Waals surface area contributed by atoms with Gasteiger partial charge in [0.25, 0.3) is 0 Å². The Morgan fingerprint density at radius 2 is 1.76 bits per heavy atom. The first-order chi connectivity index (χ1) is 16.4. The van der Waals surface area contributed by atoms with Gasteiger partial charge in [0.1, 0.15) is 17.2 Å². The molecule has 3 heterocycles. The average molecular weight is 462 g/mol. The van der Waals surface area contributed by atoms with Crippen molar-refractivity contribution >= 4 is 22.6 Å². The van der Waals surface area contributed by atoms with E-state index in [4.69, 9.17) is 14.2 Å². The zero-order valence-corrected chi connectivity index (χ0v) is 19.9. The molecule has 34 heavy (non-hydrogen) atoms. The highest BCUT2D eigenvalue weighted by atomic mass is 16.5. The van der Waals surface area contributed by atoms with Crippen molar-refractivity contribution in [1.82, 2.24) is 19.7 Å². The summed E-state index contributed by atoms with van der Waals surface area (Å²) in [5.74, 6) is 2.01. The van der Waals surface area contributed by atoms with Crippen LogP contribution in [0, 0.1) is 13.8 Å². The molecule has 0 bridgehead atoms. The minimum Gasteiger partial charge on any atom is -0.497 e.